The highest BCUT2D eigenvalue weighted by atomic mass is 35.5. The molecule has 0 spiro atoms. The van der Waals surface area contributed by atoms with Crippen LogP contribution in [0.25, 0.3) is 0 Å². The average Bonchev–Trinajstić information content (AvgIpc) is 3.13. The van der Waals surface area contributed by atoms with Gasteiger partial charge in [0.15, 0.2) is 0 Å². The Bertz CT molecular complexity index is 654. The molecule has 2 fully saturated rings. The molecule has 2 aliphatic rings. The zero-order chi connectivity index (χ0) is 19.2. The van der Waals surface area contributed by atoms with E-state index in [0.717, 1.165) is 31.7 Å². The van der Waals surface area contributed by atoms with Gasteiger partial charge in [-0.2, -0.15) is 0 Å². The molecule has 28 heavy (non-hydrogen) atoms. The Balaban J connectivity index is 0.00000280. The molecule has 0 radical (unpaired) electrons. The monoisotopic (exact) mass is 431 g/mol. The van der Waals surface area contributed by atoms with E-state index in [-0.39, 0.29) is 18.3 Å². The summed E-state index contributed by atoms with van der Waals surface area (Å²) in [7, 11) is 1.57. The number of carbonyl (C=O) groups is 1. The molecule has 8 heteroatoms. The second kappa shape index (κ2) is 11.2. The number of hydrogen-bond donors (Lipinski definition) is 3. The zero-order valence-electron chi connectivity index (χ0n) is 16.6. The van der Waals surface area contributed by atoms with Crippen LogP contribution >= 0.6 is 24.0 Å². The quantitative estimate of drug-likeness (QED) is 0.618. The summed E-state index contributed by atoms with van der Waals surface area (Å²) >= 11 is 6.12. The fraction of sp³-hybridized carbons (Fsp3) is 0.650. The van der Waals surface area contributed by atoms with Gasteiger partial charge in [0, 0.05) is 42.7 Å². The molecule has 3 rings (SSSR count). The zero-order valence-corrected chi connectivity index (χ0v) is 18.1. The molecule has 1 saturated heterocycles. The van der Waals surface area contributed by atoms with Gasteiger partial charge in [-0.1, -0.05) is 18.0 Å². The molecule has 1 aromatic rings. The number of anilines is 1. The van der Waals surface area contributed by atoms with Crippen LogP contribution in [0.3, 0.4) is 0 Å². The minimum Gasteiger partial charge on any atom is -0.495 e. The molecule has 1 amide bonds. The van der Waals surface area contributed by atoms with Crippen molar-refractivity contribution in [1.29, 1.82) is 0 Å². The van der Waals surface area contributed by atoms with Gasteiger partial charge in [0.1, 0.15) is 5.75 Å². The number of amides is 1. The Kier molecular flexibility index (Phi) is 9.31. The Labute approximate surface area is 178 Å². The van der Waals surface area contributed by atoms with Crippen LogP contribution in [-0.4, -0.2) is 51.4 Å². The highest BCUT2D eigenvalue weighted by Crippen LogP contribution is 2.31. The first kappa shape index (κ1) is 23.2. The third-order valence-corrected chi connectivity index (χ3v) is 5.96. The number of carbonyl (C=O) groups excluding carboxylic acids is 1. The molecule has 1 aliphatic carbocycles. The molecule has 1 aromatic carbocycles. The number of benzene rings is 1. The predicted octanol–water partition coefficient (Wildman–Crippen LogP) is 3.15. The van der Waals surface area contributed by atoms with E-state index < -0.39 is 0 Å². The van der Waals surface area contributed by atoms with E-state index in [9.17, 15) is 4.79 Å². The van der Waals surface area contributed by atoms with Crippen molar-refractivity contribution in [3.63, 3.8) is 0 Å². The van der Waals surface area contributed by atoms with E-state index in [1.165, 1.54) is 12.8 Å². The Hall–Kier alpha value is -1.05. The summed E-state index contributed by atoms with van der Waals surface area (Å²) < 4.78 is 10.9. The first-order valence-electron chi connectivity index (χ1n) is 9.77. The summed E-state index contributed by atoms with van der Waals surface area (Å²) in [6.45, 7) is 5.09. The van der Waals surface area contributed by atoms with Crippen molar-refractivity contribution in [2.45, 2.75) is 44.7 Å². The molecule has 3 N–H and O–H groups in total. The molecule has 1 saturated carbocycles. The molecule has 0 aromatic heterocycles. The lowest BCUT2D eigenvalue weighted by molar-refractivity contribution is -0.116. The number of ether oxygens (including phenoxy) is 2. The molecule has 3 atom stereocenters. The minimum atomic E-state index is -0.0313. The smallest absolute Gasteiger partial charge is 0.225 e. The summed E-state index contributed by atoms with van der Waals surface area (Å²) in [5.41, 5.74) is 1.56. The van der Waals surface area contributed by atoms with Gasteiger partial charge in [-0.05, 0) is 37.3 Å². The average molecular weight is 432 g/mol. The van der Waals surface area contributed by atoms with Gasteiger partial charge in [-0.15, -0.1) is 12.4 Å². The molecule has 1 aliphatic heterocycles. The van der Waals surface area contributed by atoms with Crippen molar-refractivity contribution < 1.29 is 14.3 Å². The molecular weight excluding hydrogens is 401 g/mol. The molecular formula is C20H31Cl2N3O3. The van der Waals surface area contributed by atoms with Gasteiger partial charge in [0.2, 0.25) is 5.91 Å². The first-order valence-corrected chi connectivity index (χ1v) is 10.1. The molecule has 6 nitrogen and oxygen atoms in total. The van der Waals surface area contributed by atoms with Gasteiger partial charge >= 0.3 is 0 Å². The Morgan fingerprint density at radius 3 is 2.93 bits per heavy atom. The van der Waals surface area contributed by atoms with Crippen LogP contribution in [-0.2, 0) is 9.53 Å². The van der Waals surface area contributed by atoms with Crippen molar-refractivity contribution in [3.8, 4) is 5.75 Å². The third kappa shape index (κ3) is 5.97. The number of aryl methyl sites for hydroxylation is 1. The fourth-order valence-corrected chi connectivity index (χ4v) is 4.25. The number of halogens is 2. The lowest BCUT2D eigenvalue weighted by Crippen LogP contribution is -2.51. The third-order valence-electron chi connectivity index (χ3n) is 5.55. The normalized spacial score (nSPS) is 24.5. The van der Waals surface area contributed by atoms with Gasteiger partial charge in [0.25, 0.3) is 0 Å². The Morgan fingerprint density at radius 2 is 2.21 bits per heavy atom. The number of morpholine rings is 1. The van der Waals surface area contributed by atoms with E-state index in [1.807, 2.05) is 13.0 Å². The van der Waals surface area contributed by atoms with E-state index in [2.05, 4.69) is 16.0 Å². The van der Waals surface area contributed by atoms with Crippen molar-refractivity contribution >= 4 is 35.6 Å². The highest BCUT2D eigenvalue weighted by molar-refractivity contribution is 6.31. The summed E-state index contributed by atoms with van der Waals surface area (Å²) in [6.07, 6.45) is 4.03. The number of rotatable bonds is 7. The lowest BCUT2D eigenvalue weighted by Gasteiger charge is -2.33. The van der Waals surface area contributed by atoms with E-state index >= 15 is 0 Å². The lowest BCUT2D eigenvalue weighted by atomic mass is 9.94. The molecule has 0 bridgehead atoms. The van der Waals surface area contributed by atoms with E-state index in [1.54, 1.807) is 13.2 Å². The van der Waals surface area contributed by atoms with Crippen LogP contribution in [0.15, 0.2) is 12.1 Å². The second-order valence-electron chi connectivity index (χ2n) is 7.39. The second-order valence-corrected chi connectivity index (χ2v) is 7.80. The minimum absolute atomic E-state index is 0. The summed E-state index contributed by atoms with van der Waals surface area (Å²) in [5.74, 6) is 1.12. The summed E-state index contributed by atoms with van der Waals surface area (Å²) in [5, 5.41) is 10.7. The van der Waals surface area contributed by atoms with Crippen LogP contribution in [0.1, 0.15) is 31.2 Å². The summed E-state index contributed by atoms with van der Waals surface area (Å²) in [4.78, 5) is 12.4. The van der Waals surface area contributed by atoms with Gasteiger partial charge in [-0.3, -0.25) is 4.79 Å². The molecule has 3 unspecified atom stereocenters. The van der Waals surface area contributed by atoms with Crippen LogP contribution < -0.4 is 20.7 Å². The van der Waals surface area contributed by atoms with Crippen LogP contribution in [0.5, 0.6) is 5.75 Å². The highest BCUT2D eigenvalue weighted by Gasteiger charge is 2.34. The van der Waals surface area contributed by atoms with Crippen LogP contribution in [0, 0.1) is 12.8 Å². The first-order chi connectivity index (χ1) is 13.1. The molecule has 1 heterocycles. The van der Waals surface area contributed by atoms with Crippen LogP contribution in [0.4, 0.5) is 5.69 Å². The number of nitrogens with one attached hydrogen (secondary N) is 3. The largest absolute Gasteiger partial charge is 0.495 e. The van der Waals surface area contributed by atoms with Crippen molar-refractivity contribution in [1.82, 2.24) is 10.6 Å². The molecule has 158 valence electrons. The van der Waals surface area contributed by atoms with E-state index in [4.69, 9.17) is 21.1 Å². The Morgan fingerprint density at radius 1 is 1.39 bits per heavy atom. The fourth-order valence-electron chi connectivity index (χ4n) is 4.10. The van der Waals surface area contributed by atoms with Crippen molar-refractivity contribution in [3.05, 3.63) is 22.7 Å². The van der Waals surface area contributed by atoms with Crippen LogP contribution in [0.2, 0.25) is 5.02 Å². The maximum absolute atomic E-state index is 12.4. The van der Waals surface area contributed by atoms with Gasteiger partial charge in [0.05, 0.1) is 26.0 Å². The topological polar surface area (TPSA) is 71.6 Å². The van der Waals surface area contributed by atoms with Gasteiger partial charge < -0.3 is 25.4 Å². The van der Waals surface area contributed by atoms with E-state index in [0.29, 0.717) is 47.4 Å². The SMILES string of the molecule is COc1cc(Cl)c(C)cc1NC(=O)CCNC1CCCC1C1COCCN1.Cl. The maximum atomic E-state index is 12.4. The predicted molar refractivity (Wildman–Crippen MR) is 115 cm³/mol. The standard InChI is InChI=1S/C20H30ClN3O3.ClH/c1-13-10-17(19(26-2)11-15(13)21)24-20(25)6-7-22-16-5-3-4-14(16)18-12-27-9-8-23-18;/h10-11,14,16,18,22-23H,3-9,12H2,1-2H3,(H,24,25);1H. The van der Waals surface area contributed by atoms with Gasteiger partial charge in [-0.25, -0.2) is 0 Å². The number of hydrogen-bond acceptors (Lipinski definition) is 5. The van der Waals surface area contributed by atoms with Crippen molar-refractivity contribution in [2.24, 2.45) is 5.92 Å². The maximum Gasteiger partial charge on any atom is 0.225 e. The van der Waals surface area contributed by atoms with Crippen molar-refractivity contribution in [2.75, 3.05) is 38.7 Å². The number of methoxy groups -OCH3 is 1. The summed E-state index contributed by atoms with van der Waals surface area (Å²) in [6, 6.07) is 4.44.